The van der Waals surface area contributed by atoms with Gasteiger partial charge in [0.15, 0.2) is 0 Å². The summed E-state index contributed by atoms with van der Waals surface area (Å²) in [5.74, 6) is 0. The van der Waals surface area contributed by atoms with Gasteiger partial charge in [0.25, 0.3) is 0 Å². The maximum atomic E-state index is 2.26. The molecule has 0 fully saturated rings. The standard InChI is InChI=1S/C13H18/c1-4-10-13(2,3)11-12-8-6-5-7-9-12/h4-10H,11H2,1-3H3. The first-order valence-electron chi connectivity index (χ1n) is 4.82. The average molecular weight is 174 g/mol. The van der Waals surface area contributed by atoms with Crippen molar-refractivity contribution in [3.05, 3.63) is 48.0 Å². The fraction of sp³-hybridized carbons (Fsp3) is 0.385. The molecule has 1 aromatic carbocycles. The van der Waals surface area contributed by atoms with Crippen LogP contribution in [-0.4, -0.2) is 0 Å². The van der Waals surface area contributed by atoms with Gasteiger partial charge in [-0.05, 0) is 24.3 Å². The van der Waals surface area contributed by atoms with Crippen molar-refractivity contribution in [1.29, 1.82) is 0 Å². The van der Waals surface area contributed by atoms with Crippen molar-refractivity contribution in [3.8, 4) is 0 Å². The minimum Gasteiger partial charge on any atom is -0.0911 e. The lowest BCUT2D eigenvalue weighted by atomic mass is 9.85. The van der Waals surface area contributed by atoms with E-state index in [1.807, 2.05) is 0 Å². The highest BCUT2D eigenvalue weighted by Crippen LogP contribution is 2.22. The van der Waals surface area contributed by atoms with Crippen LogP contribution in [0.2, 0.25) is 0 Å². The summed E-state index contributed by atoms with van der Waals surface area (Å²) in [6, 6.07) is 10.6. The Kier molecular flexibility index (Phi) is 3.30. The Morgan fingerprint density at radius 3 is 2.31 bits per heavy atom. The maximum absolute atomic E-state index is 2.26. The Labute approximate surface area is 81.3 Å². The Bertz CT molecular complexity index is 267. The number of rotatable bonds is 3. The fourth-order valence-electron chi connectivity index (χ4n) is 1.63. The molecular formula is C13H18. The summed E-state index contributed by atoms with van der Waals surface area (Å²) >= 11 is 0. The molecule has 0 heteroatoms. The molecule has 0 amide bonds. The molecule has 0 unspecified atom stereocenters. The zero-order valence-electron chi connectivity index (χ0n) is 8.75. The van der Waals surface area contributed by atoms with Gasteiger partial charge in [-0.2, -0.15) is 0 Å². The van der Waals surface area contributed by atoms with Gasteiger partial charge < -0.3 is 0 Å². The molecule has 0 N–H and O–H groups in total. The molecule has 0 saturated heterocycles. The Morgan fingerprint density at radius 1 is 1.15 bits per heavy atom. The molecule has 0 atom stereocenters. The average Bonchev–Trinajstić information content (AvgIpc) is 2.04. The zero-order valence-corrected chi connectivity index (χ0v) is 8.75. The van der Waals surface area contributed by atoms with Gasteiger partial charge in [-0.1, -0.05) is 56.3 Å². The van der Waals surface area contributed by atoms with Crippen LogP contribution in [0.25, 0.3) is 0 Å². The van der Waals surface area contributed by atoms with Crippen molar-refractivity contribution in [3.63, 3.8) is 0 Å². The van der Waals surface area contributed by atoms with E-state index in [-0.39, 0.29) is 5.41 Å². The van der Waals surface area contributed by atoms with E-state index in [2.05, 4.69) is 63.3 Å². The van der Waals surface area contributed by atoms with Gasteiger partial charge in [-0.25, -0.2) is 0 Å². The van der Waals surface area contributed by atoms with E-state index in [1.165, 1.54) is 5.56 Å². The van der Waals surface area contributed by atoms with Crippen LogP contribution < -0.4 is 0 Å². The monoisotopic (exact) mass is 174 g/mol. The molecule has 0 aliphatic rings. The smallest absolute Gasteiger partial charge is 0.0135 e. The highest BCUT2D eigenvalue weighted by Gasteiger charge is 2.13. The van der Waals surface area contributed by atoms with E-state index >= 15 is 0 Å². The summed E-state index contributed by atoms with van der Waals surface area (Å²) in [6.45, 7) is 6.60. The van der Waals surface area contributed by atoms with E-state index in [1.54, 1.807) is 0 Å². The lowest BCUT2D eigenvalue weighted by molar-refractivity contribution is 0.477. The molecule has 70 valence electrons. The zero-order chi connectivity index (χ0) is 9.73. The minimum absolute atomic E-state index is 0.274. The molecule has 0 radical (unpaired) electrons. The van der Waals surface area contributed by atoms with Crippen molar-refractivity contribution >= 4 is 0 Å². The van der Waals surface area contributed by atoms with Crippen molar-refractivity contribution in [1.82, 2.24) is 0 Å². The molecule has 1 aromatic rings. The number of hydrogen-bond donors (Lipinski definition) is 0. The van der Waals surface area contributed by atoms with Gasteiger partial charge in [0.2, 0.25) is 0 Å². The second-order valence-corrected chi connectivity index (χ2v) is 4.15. The van der Waals surface area contributed by atoms with Gasteiger partial charge in [-0.15, -0.1) is 0 Å². The summed E-state index contributed by atoms with van der Waals surface area (Å²) in [5.41, 5.74) is 1.68. The third kappa shape index (κ3) is 3.45. The van der Waals surface area contributed by atoms with E-state index in [4.69, 9.17) is 0 Å². The first kappa shape index (κ1) is 10.0. The van der Waals surface area contributed by atoms with Gasteiger partial charge in [0, 0.05) is 0 Å². The summed E-state index contributed by atoms with van der Waals surface area (Å²) in [4.78, 5) is 0. The first-order chi connectivity index (χ1) is 6.14. The highest BCUT2D eigenvalue weighted by molar-refractivity contribution is 5.17. The molecule has 0 aromatic heterocycles. The molecule has 0 bridgehead atoms. The van der Waals surface area contributed by atoms with E-state index in [0.29, 0.717) is 0 Å². The van der Waals surface area contributed by atoms with Crippen molar-refractivity contribution in [2.75, 3.05) is 0 Å². The molecule has 0 heterocycles. The molecule has 0 aliphatic carbocycles. The summed E-state index contributed by atoms with van der Waals surface area (Å²) < 4.78 is 0. The molecular weight excluding hydrogens is 156 g/mol. The van der Waals surface area contributed by atoms with Gasteiger partial charge in [0.05, 0.1) is 0 Å². The largest absolute Gasteiger partial charge is 0.0911 e. The molecule has 0 aliphatic heterocycles. The maximum Gasteiger partial charge on any atom is -0.0135 e. The van der Waals surface area contributed by atoms with Crippen LogP contribution in [0.3, 0.4) is 0 Å². The number of allylic oxidation sites excluding steroid dienone is 2. The van der Waals surface area contributed by atoms with Crippen LogP contribution in [0, 0.1) is 5.41 Å². The topological polar surface area (TPSA) is 0 Å². The Balaban J connectivity index is 2.69. The van der Waals surface area contributed by atoms with E-state index in [9.17, 15) is 0 Å². The fourth-order valence-corrected chi connectivity index (χ4v) is 1.63. The lowest BCUT2D eigenvalue weighted by Gasteiger charge is -2.19. The summed E-state index contributed by atoms with van der Waals surface area (Å²) in [6.07, 6.45) is 5.50. The van der Waals surface area contributed by atoms with Crippen LogP contribution in [0.5, 0.6) is 0 Å². The lowest BCUT2D eigenvalue weighted by Crippen LogP contribution is -2.10. The molecule has 13 heavy (non-hydrogen) atoms. The van der Waals surface area contributed by atoms with Crippen LogP contribution in [0.15, 0.2) is 42.5 Å². The van der Waals surface area contributed by atoms with Crippen molar-refractivity contribution in [2.24, 2.45) is 5.41 Å². The quantitative estimate of drug-likeness (QED) is 0.611. The molecule has 0 nitrogen and oxygen atoms in total. The first-order valence-corrected chi connectivity index (χ1v) is 4.82. The minimum atomic E-state index is 0.274. The van der Waals surface area contributed by atoms with Crippen LogP contribution in [-0.2, 0) is 6.42 Å². The van der Waals surface area contributed by atoms with Crippen molar-refractivity contribution < 1.29 is 0 Å². The predicted molar refractivity (Wildman–Crippen MR) is 58.7 cm³/mol. The molecule has 1 rings (SSSR count). The van der Waals surface area contributed by atoms with Crippen LogP contribution in [0.4, 0.5) is 0 Å². The van der Waals surface area contributed by atoms with Crippen LogP contribution >= 0.6 is 0 Å². The predicted octanol–water partition coefficient (Wildman–Crippen LogP) is 3.83. The van der Waals surface area contributed by atoms with E-state index < -0.39 is 0 Å². The van der Waals surface area contributed by atoms with Crippen molar-refractivity contribution in [2.45, 2.75) is 27.2 Å². The van der Waals surface area contributed by atoms with Gasteiger partial charge in [0.1, 0.15) is 0 Å². The number of hydrogen-bond acceptors (Lipinski definition) is 0. The summed E-state index contributed by atoms with van der Waals surface area (Å²) in [7, 11) is 0. The number of benzene rings is 1. The van der Waals surface area contributed by atoms with Gasteiger partial charge in [-0.3, -0.25) is 0 Å². The van der Waals surface area contributed by atoms with Gasteiger partial charge >= 0.3 is 0 Å². The Hall–Kier alpha value is -1.04. The second-order valence-electron chi connectivity index (χ2n) is 4.15. The highest BCUT2D eigenvalue weighted by atomic mass is 14.2. The SMILES string of the molecule is CC=CC(C)(C)Cc1ccccc1. The van der Waals surface area contributed by atoms with Crippen LogP contribution in [0.1, 0.15) is 26.3 Å². The molecule has 0 saturated carbocycles. The van der Waals surface area contributed by atoms with E-state index in [0.717, 1.165) is 6.42 Å². The third-order valence-corrected chi connectivity index (χ3v) is 2.12. The third-order valence-electron chi connectivity index (χ3n) is 2.12. The summed E-state index contributed by atoms with van der Waals surface area (Å²) in [5, 5.41) is 0. The second kappa shape index (κ2) is 4.27. The normalized spacial score (nSPS) is 12.2. The Morgan fingerprint density at radius 2 is 1.77 bits per heavy atom. The molecule has 0 spiro atoms.